The molecule has 0 aliphatic heterocycles. The summed E-state index contributed by atoms with van der Waals surface area (Å²) in [6, 6.07) is 14.0. The third-order valence-corrected chi connectivity index (χ3v) is 3.73. The van der Waals surface area contributed by atoms with E-state index in [0.29, 0.717) is 0 Å². The molecule has 0 bridgehead atoms. The number of benzene rings is 1. The summed E-state index contributed by atoms with van der Waals surface area (Å²) >= 11 is 3.45. The topological polar surface area (TPSA) is 37.8 Å². The van der Waals surface area contributed by atoms with Crippen molar-refractivity contribution in [2.45, 2.75) is 6.92 Å². The maximum Gasteiger partial charge on any atom is 0.130 e. The van der Waals surface area contributed by atoms with Gasteiger partial charge >= 0.3 is 0 Å². The highest BCUT2D eigenvalue weighted by molar-refractivity contribution is 9.10. The number of anilines is 2. The van der Waals surface area contributed by atoms with Crippen molar-refractivity contribution < 1.29 is 0 Å². The summed E-state index contributed by atoms with van der Waals surface area (Å²) in [4.78, 5) is 8.78. The van der Waals surface area contributed by atoms with E-state index in [9.17, 15) is 0 Å². The van der Waals surface area contributed by atoms with Gasteiger partial charge in [0.2, 0.25) is 0 Å². The van der Waals surface area contributed by atoms with Crippen molar-refractivity contribution in [1.82, 2.24) is 9.97 Å². The zero-order valence-electron chi connectivity index (χ0n) is 10.4. The quantitative estimate of drug-likeness (QED) is 0.759. The average molecular weight is 314 g/mol. The third-order valence-electron chi connectivity index (χ3n) is 2.90. The van der Waals surface area contributed by atoms with E-state index in [2.05, 4.69) is 37.3 Å². The molecule has 0 aliphatic rings. The Labute approximate surface area is 119 Å². The average Bonchev–Trinajstić information content (AvgIpc) is 2.43. The summed E-state index contributed by atoms with van der Waals surface area (Å²) < 4.78 is 1.01. The molecule has 94 valence electrons. The Bertz CT molecular complexity index is 740. The van der Waals surface area contributed by atoms with Gasteiger partial charge < -0.3 is 5.32 Å². The lowest BCUT2D eigenvalue weighted by molar-refractivity contribution is 1.18. The van der Waals surface area contributed by atoms with Crippen molar-refractivity contribution >= 4 is 38.3 Å². The second kappa shape index (κ2) is 4.97. The van der Waals surface area contributed by atoms with Crippen LogP contribution in [0.5, 0.6) is 0 Å². The van der Waals surface area contributed by atoms with Crippen molar-refractivity contribution in [3.05, 3.63) is 58.8 Å². The predicted molar refractivity (Wildman–Crippen MR) is 81.7 cm³/mol. The highest BCUT2D eigenvalue weighted by Crippen LogP contribution is 2.22. The number of nitrogens with zero attached hydrogens (tertiary/aromatic N) is 2. The van der Waals surface area contributed by atoms with Gasteiger partial charge in [-0.2, -0.15) is 0 Å². The van der Waals surface area contributed by atoms with Crippen LogP contribution < -0.4 is 5.32 Å². The Kier molecular flexibility index (Phi) is 3.17. The van der Waals surface area contributed by atoms with Crippen molar-refractivity contribution in [1.29, 1.82) is 0 Å². The Balaban J connectivity index is 1.94. The largest absolute Gasteiger partial charge is 0.340 e. The SMILES string of the molecule is Cc1nc(Nc2ccc3ncccc3c2)ccc1Br. The number of fused-ring (bicyclic) bond motifs is 1. The highest BCUT2D eigenvalue weighted by Gasteiger charge is 2.01. The van der Waals surface area contributed by atoms with E-state index in [1.807, 2.05) is 43.3 Å². The molecule has 4 heteroatoms. The summed E-state index contributed by atoms with van der Waals surface area (Å²) in [5.74, 6) is 0.837. The number of rotatable bonds is 2. The summed E-state index contributed by atoms with van der Waals surface area (Å²) in [7, 11) is 0. The summed E-state index contributed by atoms with van der Waals surface area (Å²) in [5.41, 5.74) is 2.97. The van der Waals surface area contributed by atoms with Crippen LogP contribution >= 0.6 is 15.9 Å². The number of hydrogen-bond donors (Lipinski definition) is 1. The molecular weight excluding hydrogens is 302 g/mol. The molecule has 3 nitrogen and oxygen atoms in total. The minimum absolute atomic E-state index is 0.837. The standard InChI is InChI=1S/C15H12BrN3/c1-10-13(16)5-7-15(18-10)19-12-4-6-14-11(9-12)3-2-8-17-14/h2-9H,1H3,(H,18,19). The molecule has 19 heavy (non-hydrogen) atoms. The highest BCUT2D eigenvalue weighted by atomic mass is 79.9. The van der Waals surface area contributed by atoms with Crippen LogP contribution in [-0.2, 0) is 0 Å². The van der Waals surface area contributed by atoms with Crippen LogP contribution in [0, 0.1) is 6.92 Å². The fourth-order valence-corrected chi connectivity index (χ4v) is 2.14. The second-order valence-electron chi connectivity index (χ2n) is 4.30. The fraction of sp³-hybridized carbons (Fsp3) is 0.0667. The molecule has 3 rings (SSSR count). The molecule has 3 aromatic rings. The minimum atomic E-state index is 0.837. The van der Waals surface area contributed by atoms with E-state index in [4.69, 9.17) is 0 Å². The van der Waals surface area contributed by atoms with E-state index in [-0.39, 0.29) is 0 Å². The lowest BCUT2D eigenvalue weighted by atomic mass is 10.2. The van der Waals surface area contributed by atoms with Gasteiger partial charge in [-0.15, -0.1) is 0 Å². The van der Waals surface area contributed by atoms with Crippen molar-refractivity contribution in [2.24, 2.45) is 0 Å². The first-order valence-corrected chi connectivity index (χ1v) is 6.77. The third kappa shape index (κ3) is 2.58. The second-order valence-corrected chi connectivity index (χ2v) is 5.15. The maximum atomic E-state index is 4.47. The number of halogens is 1. The van der Waals surface area contributed by atoms with Crippen LogP contribution in [0.15, 0.2) is 53.1 Å². The van der Waals surface area contributed by atoms with Gasteiger partial charge in [0.25, 0.3) is 0 Å². The monoisotopic (exact) mass is 313 g/mol. The molecule has 0 amide bonds. The molecule has 0 spiro atoms. The van der Waals surface area contributed by atoms with Crippen LogP contribution in [0.2, 0.25) is 0 Å². The zero-order valence-corrected chi connectivity index (χ0v) is 12.0. The maximum absolute atomic E-state index is 4.47. The zero-order chi connectivity index (χ0) is 13.2. The van der Waals surface area contributed by atoms with Crippen LogP contribution in [-0.4, -0.2) is 9.97 Å². The number of pyridine rings is 2. The first-order valence-electron chi connectivity index (χ1n) is 5.97. The predicted octanol–water partition coefficient (Wildman–Crippen LogP) is 4.44. The lowest BCUT2D eigenvalue weighted by Gasteiger charge is -2.08. The van der Waals surface area contributed by atoms with E-state index in [0.717, 1.165) is 32.6 Å². The van der Waals surface area contributed by atoms with Crippen LogP contribution in [0.25, 0.3) is 10.9 Å². The van der Waals surface area contributed by atoms with Gasteiger partial charge in [-0.3, -0.25) is 4.98 Å². The first-order chi connectivity index (χ1) is 9.22. The molecular formula is C15H12BrN3. The molecule has 1 N–H and O–H groups in total. The fourth-order valence-electron chi connectivity index (χ4n) is 1.91. The Morgan fingerprint density at radius 1 is 1.11 bits per heavy atom. The molecule has 2 aromatic heterocycles. The molecule has 0 saturated heterocycles. The number of aromatic nitrogens is 2. The van der Waals surface area contributed by atoms with Gasteiger partial charge in [0.15, 0.2) is 0 Å². The first kappa shape index (κ1) is 12.1. The number of hydrogen-bond acceptors (Lipinski definition) is 3. The van der Waals surface area contributed by atoms with Gasteiger partial charge in [0, 0.05) is 21.7 Å². The molecule has 0 radical (unpaired) electrons. The van der Waals surface area contributed by atoms with E-state index in [1.54, 1.807) is 6.20 Å². The van der Waals surface area contributed by atoms with Crippen LogP contribution in [0.3, 0.4) is 0 Å². The van der Waals surface area contributed by atoms with Gasteiger partial charge in [-0.05, 0) is 59.3 Å². The van der Waals surface area contributed by atoms with Gasteiger partial charge in [-0.25, -0.2) is 4.98 Å². The molecule has 0 aliphatic carbocycles. The van der Waals surface area contributed by atoms with Crippen molar-refractivity contribution in [3.8, 4) is 0 Å². The Hall–Kier alpha value is -1.94. The van der Waals surface area contributed by atoms with Crippen molar-refractivity contribution in [2.75, 3.05) is 5.32 Å². The van der Waals surface area contributed by atoms with Gasteiger partial charge in [0.05, 0.1) is 11.2 Å². The van der Waals surface area contributed by atoms with E-state index >= 15 is 0 Å². The van der Waals surface area contributed by atoms with Crippen molar-refractivity contribution in [3.63, 3.8) is 0 Å². The van der Waals surface area contributed by atoms with Crippen LogP contribution in [0.4, 0.5) is 11.5 Å². The smallest absolute Gasteiger partial charge is 0.130 e. The Morgan fingerprint density at radius 2 is 2.00 bits per heavy atom. The molecule has 0 fully saturated rings. The minimum Gasteiger partial charge on any atom is -0.340 e. The van der Waals surface area contributed by atoms with Crippen LogP contribution in [0.1, 0.15) is 5.69 Å². The molecule has 0 saturated carbocycles. The lowest BCUT2D eigenvalue weighted by Crippen LogP contribution is -1.95. The van der Waals surface area contributed by atoms with E-state index < -0.39 is 0 Å². The van der Waals surface area contributed by atoms with Gasteiger partial charge in [0.1, 0.15) is 5.82 Å². The van der Waals surface area contributed by atoms with E-state index in [1.165, 1.54) is 0 Å². The number of aryl methyl sites for hydroxylation is 1. The molecule has 2 heterocycles. The molecule has 0 unspecified atom stereocenters. The normalized spacial score (nSPS) is 10.6. The van der Waals surface area contributed by atoms with Gasteiger partial charge in [-0.1, -0.05) is 6.07 Å². The summed E-state index contributed by atoms with van der Waals surface area (Å²) in [6.45, 7) is 1.97. The number of nitrogens with one attached hydrogen (secondary N) is 1. The summed E-state index contributed by atoms with van der Waals surface area (Å²) in [5, 5.41) is 4.42. The molecule has 1 aromatic carbocycles. The summed E-state index contributed by atoms with van der Waals surface area (Å²) in [6.07, 6.45) is 1.80. The molecule has 0 atom stereocenters. The Morgan fingerprint density at radius 3 is 2.84 bits per heavy atom.